The number of aryl methyl sites for hydroxylation is 1. The lowest BCUT2D eigenvalue weighted by Crippen LogP contribution is -2.16. The number of carboxylic acid groups (broad SMARTS) is 1. The smallest absolute Gasteiger partial charge is 0.416 e. The van der Waals surface area contributed by atoms with Crippen molar-refractivity contribution in [3.8, 4) is 11.1 Å². The Balaban J connectivity index is 1.76. The van der Waals surface area contributed by atoms with Crippen LogP contribution in [0.5, 0.6) is 0 Å². The van der Waals surface area contributed by atoms with Crippen molar-refractivity contribution in [2.75, 3.05) is 0 Å². The molecule has 0 aliphatic carbocycles. The first kappa shape index (κ1) is 25.6. The molecule has 1 atom stereocenters. The van der Waals surface area contributed by atoms with Crippen molar-refractivity contribution in [1.29, 1.82) is 0 Å². The maximum atomic E-state index is 14.0. The zero-order valence-electron chi connectivity index (χ0n) is 19.8. The predicted octanol–water partition coefficient (Wildman–Crippen LogP) is 7.17. The van der Waals surface area contributed by atoms with E-state index in [4.69, 9.17) is 5.11 Å². The molecule has 0 aliphatic heterocycles. The SMILES string of the molecule is Cc1cc(C(CC(c2ccc(-c3ccc(C(=O)O)cc3)cc2)c2ccccc2C(F)(F)F)=NO)ccn1. The van der Waals surface area contributed by atoms with E-state index in [9.17, 15) is 23.2 Å². The Bertz CT molecular complexity index is 1430. The van der Waals surface area contributed by atoms with Crippen LogP contribution in [0.25, 0.3) is 11.1 Å². The lowest BCUT2D eigenvalue weighted by molar-refractivity contribution is -0.138. The highest BCUT2D eigenvalue weighted by atomic mass is 19.4. The van der Waals surface area contributed by atoms with Gasteiger partial charge >= 0.3 is 12.1 Å². The van der Waals surface area contributed by atoms with Crippen LogP contribution >= 0.6 is 0 Å². The van der Waals surface area contributed by atoms with Crippen LogP contribution in [0.4, 0.5) is 13.2 Å². The number of oxime groups is 1. The van der Waals surface area contributed by atoms with Crippen molar-refractivity contribution in [2.24, 2.45) is 5.16 Å². The van der Waals surface area contributed by atoms with Crippen molar-refractivity contribution in [2.45, 2.75) is 25.4 Å². The molecule has 0 saturated heterocycles. The average molecular weight is 505 g/mol. The maximum Gasteiger partial charge on any atom is 0.416 e. The number of hydrogen-bond donors (Lipinski definition) is 2. The summed E-state index contributed by atoms with van der Waals surface area (Å²) in [6, 6.07) is 22.1. The molecule has 0 radical (unpaired) electrons. The van der Waals surface area contributed by atoms with Gasteiger partial charge in [0.1, 0.15) is 0 Å². The van der Waals surface area contributed by atoms with E-state index in [1.54, 1.807) is 67.7 Å². The minimum absolute atomic E-state index is 0.0136. The van der Waals surface area contributed by atoms with E-state index in [0.29, 0.717) is 16.8 Å². The zero-order valence-corrected chi connectivity index (χ0v) is 19.8. The summed E-state index contributed by atoms with van der Waals surface area (Å²) in [5.41, 5.74) is 3.13. The van der Waals surface area contributed by atoms with Gasteiger partial charge in [-0.15, -0.1) is 0 Å². The highest BCUT2D eigenvalue weighted by Gasteiger charge is 2.35. The summed E-state index contributed by atoms with van der Waals surface area (Å²) in [5.74, 6) is -1.79. The Morgan fingerprint density at radius 1 is 0.919 bits per heavy atom. The molecule has 0 aliphatic rings. The van der Waals surface area contributed by atoms with Crippen LogP contribution in [-0.2, 0) is 6.18 Å². The van der Waals surface area contributed by atoms with Gasteiger partial charge in [-0.1, -0.05) is 59.8 Å². The molecule has 3 aromatic carbocycles. The van der Waals surface area contributed by atoms with E-state index in [0.717, 1.165) is 17.2 Å². The first-order valence-corrected chi connectivity index (χ1v) is 11.4. The summed E-state index contributed by atoms with van der Waals surface area (Å²) in [7, 11) is 0. The molecule has 0 fully saturated rings. The van der Waals surface area contributed by atoms with Gasteiger partial charge in [0.2, 0.25) is 0 Å². The summed E-state index contributed by atoms with van der Waals surface area (Å²) in [6.07, 6.45) is -3.00. The maximum absolute atomic E-state index is 14.0. The molecule has 188 valence electrons. The molecule has 0 bridgehead atoms. The molecule has 1 aromatic heterocycles. The van der Waals surface area contributed by atoms with E-state index >= 15 is 0 Å². The summed E-state index contributed by atoms with van der Waals surface area (Å²) < 4.78 is 41.9. The molecule has 4 aromatic rings. The van der Waals surface area contributed by atoms with Gasteiger partial charge in [-0.25, -0.2) is 4.79 Å². The van der Waals surface area contributed by atoms with Crippen molar-refractivity contribution in [3.63, 3.8) is 0 Å². The van der Waals surface area contributed by atoms with Crippen LogP contribution < -0.4 is 0 Å². The molecule has 5 nitrogen and oxygen atoms in total. The number of carboxylic acids is 1. The van der Waals surface area contributed by atoms with Gasteiger partial charge in [-0.3, -0.25) is 4.98 Å². The molecule has 1 heterocycles. The van der Waals surface area contributed by atoms with Gasteiger partial charge in [-0.2, -0.15) is 13.2 Å². The van der Waals surface area contributed by atoms with Crippen molar-refractivity contribution in [1.82, 2.24) is 4.98 Å². The molecule has 4 rings (SSSR count). The van der Waals surface area contributed by atoms with Crippen LogP contribution in [-0.4, -0.2) is 27.0 Å². The number of nitrogens with zero attached hydrogens (tertiary/aromatic N) is 2. The zero-order chi connectivity index (χ0) is 26.6. The quantitative estimate of drug-likeness (QED) is 0.159. The third kappa shape index (κ3) is 5.86. The number of carbonyl (C=O) groups is 1. The van der Waals surface area contributed by atoms with Crippen molar-refractivity contribution >= 4 is 11.7 Å². The summed E-state index contributed by atoms with van der Waals surface area (Å²) in [6.45, 7) is 1.77. The lowest BCUT2D eigenvalue weighted by atomic mass is 9.82. The number of halogens is 3. The first-order valence-electron chi connectivity index (χ1n) is 11.4. The van der Waals surface area contributed by atoms with Crippen LogP contribution in [0.3, 0.4) is 0 Å². The number of aromatic nitrogens is 1. The number of pyridine rings is 1. The van der Waals surface area contributed by atoms with Crippen LogP contribution in [0.15, 0.2) is 96.3 Å². The predicted molar refractivity (Wildman–Crippen MR) is 134 cm³/mol. The molecular formula is C29H23F3N2O3. The monoisotopic (exact) mass is 504 g/mol. The van der Waals surface area contributed by atoms with E-state index in [1.807, 2.05) is 0 Å². The summed E-state index contributed by atoms with van der Waals surface area (Å²) >= 11 is 0. The third-order valence-electron chi connectivity index (χ3n) is 6.17. The van der Waals surface area contributed by atoms with E-state index in [2.05, 4.69) is 10.1 Å². The van der Waals surface area contributed by atoms with Crippen LogP contribution in [0.1, 0.15) is 50.6 Å². The van der Waals surface area contributed by atoms with E-state index < -0.39 is 23.6 Å². The second-order valence-electron chi connectivity index (χ2n) is 8.58. The Labute approximate surface area is 211 Å². The highest BCUT2D eigenvalue weighted by Crippen LogP contribution is 2.40. The average Bonchev–Trinajstić information content (AvgIpc) is 2.89. The molecule has 2 N–H and O–H groups in total. The second kappa shape index (κ2) is 10.7. The summed E-state index contributed by atoms with van der Waals surface area (Å²) in [4.78, 5) is 15.3. The molecule has 0 spiro atoms. The van der Waals surface area contributed by atoms with Gasteiger partial charge in [-0.05, 0) is 59.5 Å². The van der Waals surface area contributed by atoms with Crippen LogP contribution in [0, 0.1) is 6.92 Å². The molecule has 37 heavy (non-hydrogen) atoms. The first-order chi connectivity index (χ1) is 17.7. The van der Waals surface area contributed by atoms with Gasteiger partial charge in [0.15, 0.2) is 0 Å². The Morgan fingerprint density at radius 3 is 2.11 bits per heavy atom. The number of aromatic carboxylic acids is 1. The molecular weight excluding hydrogens is 481 g/mol. The fraction of sp³-hybridized carbons (Fsp3) is 0.138. The van der Waals surface area contributed by atoms with Gasteiger partial charge < -0.3 is 10.3 Å². The second-order valence-corrected chi connectivity index (χ2v) is 8.58. The summed E-state index contributed by atoms with van der Waals surface area (Å²) in [5, 5.41) is 22.3. The third-order valence-corrected chi connectivity index (χ3v) is 6.17. The Hall–Kier alpha value is -4.46. The van der Waals surface area contributed by atoms with Crippen molar-refractivity contribution < 1.29 is 28.3 Å². The number of hydrogen-bond acceptors (Lipinski definition) is 4. The number of rotatable bonds is 7. The fourth-order valence-electron chi connectivity index (χ4n) is 4.31. The van der Waals surface area contributed by atoms with Crippen LogP contribution in [0.2, 0.25) is 0 Å². The number of benzene rings is 3. The topological polar surface area (TPSA) is 82.8 Å². The van der Waals surface area contributed by atoms with Crippen molar-refractivity contribution in [3.05, 3.63) is 125 Å². The van der Waals surface area contributed by atoms with E-state index in [1.165, 1.54) is 24.3 Å². The van der Waals surface area contributed by atoms with Gasteiger partial charge in [0, 0.05) is 29.8 Å². The van der Waals surface area contributed by atoms with Gasteiger partial charge in [0.05, 0.1) is 16.8 Å². The highest BCUT2D eigenvalue weighted by molar-refractivity contribution is 6.01. The fourth-order valence-corrected chi connectivity index (χ4v) is 4.31. The van der Waals surface area contributed by atoms with E-state index in [-0.39, 0.29) is 23.3 Å². The molecule has 8 heteroatoms. The normalized spacial score (nSPS) is 12.8. The number of alkyl halides is 3. The minimum Gasteiger partial charge on any atom is -0.478 e. The molecule has 1 unspecified atom stereocenters. The lowest BCUT2D eigenvalue weighted by Gasteiger charge is -2.23. The minimum atomic E-state index is -4.57. The Kier molecular flexibility index (Phi) is 7.38. The van der Waals surface area contributed by atoms with Gasteiger partial charge in [0.25, 0.3) is 0 Å². The standard InChI is InChI=1S/C29H23F3N2O3/c1-18-16-23(14-15-33-18)27(34-37)17-25(24-4-2-3-5-26(24)29(30,31)32)21-10-6-19(7-11-21)20-8-12-22(13-9-20)28(35)36/h2-16,25,37H,17H2,1H3,(H,35,36). The Morgan fingerprint density at radius 2 is 1.54 bits per heavy atom. The molecule has 0 saturated carbocycles. The largest absolute Gasteiger partial charge is 0.478 e. The molecule has 0 amide bonds.